The van der Waals surface area contributed by atoms with E-state index in [2.05, 4.69) is 0 Å². The fourth-order valence-corrected chi connectivity index (χ4v) is 3.34. The number of carboxylic acid groups (broad SMARTS) is 1. The average molecular weight is 323 g/mol. The lowest BCUT2D eigenvalue weighted by molar-refractivity contribution is -0.154. The Morgan fingerprint density at radius 1 is 1.08 bits per heavy atom. The lowest BCUT2D eigenvalue weighted by Gasteiger charge is -2.40. The third kappa shape index (κ3) is 2.93. The van der Waals surface area contributed by atoms with Gasteiger partial charge in [-0.3, -0.25) is 9.59 Å². The summed E-state index contributed by atoms with van der Waals surface area (Å²) in [5.74, 6) is -1.89. The van der Waals surface area contributed by atoms with E-state index in [1.165, 1.54) is 4.90 Å². The third-order valence-corrected chi connectivity index (χ3v) is 4.41. The molecule has 1 N–H and O–H groups in total. The van der Waals surface area contributed by atoms with Crippen LogP contribution in [-0.4, -0.2) is 34.2 Å². The van der Waals surface area contributed by atoms with Gasteiger partial charge in [-0.1, -0.05) is 54.6 Å². The molecular weight excluding hydrogens is 306 g/mol. The molecule has 1 unspecified atom stereocenters. The Balaban J connectivity index is 2.09. The lowest BCUT2D eigenvalue weighted by atomic mass is 9.85. The van der Waals surface area contributed by atoms with E-state index in [0.717, 1.165) is 16.7 Å². The van der Waals surface area contributed by atoms with Crippen LogP contribution in [0.15, 0.2) is 54.6 Å². The molecule has 1 aliphatic rings. The van der Waals surface area contributed by atoms with Gasteiger partial charge in [0.15, 0.2) is 0 Å². The van der Waals surface area contributed by atoms with Crippen LogP contribution < -0.4 is 0 Å². The largest absolute Gasteiger partial charge is 0.480 e. The van der Waals surface area contributed by atoms with Gasteiger partial charge in [-0.05, 0) is 23.1 Å². The van der Waals surface area contributed by atoms with Crippen molar-refractivity contribution < 1.29 is 19.5 Å². The zero-order valence-electron chi connectivity index (χ0n) is 13.0. The number of carbonyl (C=O) groups excluding carboxylic acids is 2. The van der Waals surface area contributed by atoms with E-state index in [0.29, 0.717) is 6.42 Å². The minimum atomic E-state index is -1.10. The number of aliphatic carboxylic acids is 1. The number of carbonyl (C=O) groups is 3. The number of amides is 1. The first kappa shape index (κ1) is 15.9. The summed E-state index contributed by atoms with van der Waals surface area (Å²) in [6, 6.07) is 15.5. The molecule has 0 bridgehead atoms. The summed E-state index contributed by atoms with van der Waals surface area (Å²) in [6.45, 7) is 0. The highest BCUT2D eigenvalue weighted by Crippen LogP contribution is 2.35. The van der Waals surface area contributed by atoms with Gasteiger partial charge in [0.1, 0.15) is 6.04 Å². The molecule has 0 spiro atoms. The molecular formula is C19H17NO4. The maximum atomic E-state index is 12.2. The highest BCUT2D eigenvalue weighted by molar-refractivity contribution is 6.24. The molecule has 1 heterocycles. The van der Waals surface area contributed by atoms with Gasteiger partial charge >= 0.3 is 5.97 Å². The van der Waals surface area contributed by atoms with Crippen molar-refractivity contribution in [3.8, 4) is 0 Å². The summed E-state index contributed by atoms with van der Waals surface area (Å²) in [4.78, 5) is 36.2. The predicted molar refractivity (Wildman–Crippen MR) is 87.4 cm³/mol. The summed E-state index contributed by atoms with van der Waals surface area (Å²) in [5.41, 5.74) is 2.78. The molecule has 0 radical (unpaired) electrons. The van der Waals surface area contributed by atoms with Crippen molar-refractivity contribution in [1.29, 1.82) is 0 Å². The molecule has 0 fully saturated rings. The molecule has 5 nitrogen and oxygen atoms in total. The van der Waals surface area contributed by atoms with Gasteiger partial charge in [-0.15, -0.1) is 0 Å². The minimum absolute atomic E-state index is 0.196. The number of benzene rings is 2. The summed E-state index contributed by atoms with van der Waals surface area (Å²) >= 11 is 0. The summed E-state index contributed by atoms with van der Waals surface area (Å²) in [7, 11) is 0. The Bertz CT molecular complexity index is 772. The zero-order valence-corrected chi connectivity index (χ0v) is 13.0. The van der Waals surface area contributed by atoms with Crippen molar-refractivity contribution in [3.05, 3.63) is 71.3 Å². The van der Waals surface area contributed by atoms with E-state index in [1.54, 1.807) is 0 Å². The van der Waals surface area contributed by atoms with Crippen LogP contribution in [0.4, 0.5) is 0 Å². The van der Waals surface area contributed by atoms with Crippen molar-refractivity contribution in [2.45, 2.75) is 24.9 Å². The molecule has 0 saturated heterocycles. The Morgan fingerprint density at radius 3 is 2.42 bits per heavy atom. The van der Waals surface area contributed by atoms with Crippen LogP contribution in [-0.2, 0) is 27.2 Å². The summed E-state index contributed by atoms with van der Waals surface area (Å²) in [6.07, 6.45) is 0.861. The van der Waals surface area contributed by atoms with E-state index in [9.17, 15) is 19.5 Å². The molecule has 5 heteroatoms. The van der Waals surface area contributed by atoms with Crippen LogP contribution in [0.25, 0.3) is 0 Å². The zero-order chi connectivity index (χ0) is 17.1. The number of nitrogens with zero attached hydrogens (tertiary/aromatic N) is 1. The van der Waals surface area contributed by atoms with Gasteiger partial charge in [-0.25, -0.2) is 4.79 Å². The van der Waals surface area contributed by atoms with Crippen molar-refractivity contribution >= 4 is 18.2 Å². The molecule has 24 heavy (non-hydrogen) atoms. The molecule has 2 aromatic rings. The van der Waals surface area contributed by atoms with E-state index < -0.39 is 24.0 Å². The molecule has 2 aromatic carbocycles. The molecule has 0 saturated carbocycles. The van der Waals surface area contributed by atoms with Gasteiger partial charge in [0.2, 0.25) is 6.29 Å². The van der Waals surface area contributed by atoms with Crippen molar-refractivity contribution in [2.24, 2.45) is 0 Å². The number of aldehydes is 1. The van der Waals surface area contributed by atoms with Gasteiger partial charge in [0, 0.05) is 6.42 Å². The van der Waals surface area contributed by atoms with Gasteiger partial charge < -0.3 is 10.0 Å². The number of hydrogen-bond acceptors (Lipinski definition) is 3. The highest BCUT2D eigenvalue weighted by Gasteiger charge is 2.40. The Kier molecular flexibility index (Phi) is 4.42. The van der Waals surface area contributed by atoms with Crippen LogP contribution in [0.3, 0.4) is 0 Å². The van der Waals surface area contributed by atoms with Crippen LogP contribution >= 0.6 is 0 Å². The lowest BCUT2D eigenvalue weighted by Crippen LogP contribution is -2.52. The maximum Gasteiger partial charge on any atom is 0.326 e. The molecule has 0 aromatic heterocycles. The minimum Gasteiger partial charge on any atom is -0.480 e. The van der Waals surface area contributed by atoms with Crippen molar-refractivity contribution in [3.63, 3.8) is 0 Å². The van der Waals surface area contributed by atoms with Crippen molar-refractivity contribution in [2.75, 3.05) is 0 Å². The molecule has 1 aliphatic heterocycles. The van der Waals surface area contributed by atoms with Crippen molar-refractivity contribution in [1.82, 2.24) is 4.90 Å². The number of carboxylic acids is 1. The Hall–Kier alpha value is -2.95. The first-order valence-corrected chi connectivity index (χ1v) is 7.74. The second-order valence-corrected chi connectivity index (χ2v) is 5.83. The van der Waals surface area contributed by atoms with Gasteiger partial charge in [-0.2, -0.15) is 0 Å². The molecule has 122 valence electrons. The third-order valence-electron chi connectivity index (χ3n) is 4.41. The van der Waals surface area contributed by atoms with E-state index in [1.807, 2.05) is 54.6 Å². The second kappa shape index (κ2) is 6.66. The Labute approximate surface area is 139 Å². The quantitative estimate of drug-likeness (QED) is 0.690. The van der Waals surface area contributed by atoms with Gasteiger partial charge in [0.05, 0.1) is 6.04 Å². The SMILES string of the molecule is O=CC(=O)N1C(Cc2ccccc2)c2ccccc2C[C@H]1C(=O)O. The summed E-state index contributed by atoms with van der Waals surface area (Å²) in [5, 5.41) is 9.55. The smallest absolute Gasteiger partial charge is 0.326 e. The molecule has 0 aliphatic carbocycles. The monoisotopic (exact) mass is 323 g/mol. The van der Waals surface area contributed by atoms with E-state index >= 15 is 0 Å². The summed E-state index contributed by atoms with van der Waals surface area (Å²) < 4.78 is 0. The standard InChI is InChI=1S/C19H17NO4/c21-12-18(22)20-16(10-13-6-2-1-3-7-13)15-9-5-4-8-14(15)11-17(20)19(23)24/h1-9,12,16-17H,10-11H2,(H,23,24)/t16?,17-/m0/s1. The number of fused-ring (bicyclic) bond motifs is 1. The normalized spacial score (nSPS) is 19.4. The van der Waals surface area contributed by atoms with Crippen LogP contribution in [0, 0.1) is 0 Å². The van der Waals surface area contributed by atoms with Crippen LogP contribution in [0.2, 0.25) is 0 Å². The topological polar surface area (TPSA) is 74.7 Å². The first-order valence-electron chi connectivity index (χ1n) is 7.74. The van der Waals surface area contributed by atoms with E-state index in [-0.39, 0.29) is 12.7 Å². The average Bonchev–Trinajstić information content (AvgIpc) is 2.61. The number of rotatable bonds is 4. The highest BCUT2D eigenvalue weighted by atomic mass is 16.4. The second-order valence-electron chi connectivity index (χ2n) is 5.83. The fourth-order valence-electron chi connectivity index (χ4n) is 3.34. The molecule has 2 atom stereocenters. The van der Waals surface area contributed by atoms with Crippen LogP contribution in [0.1, 0.15) is 22.7 Å². The maximum absolute atomic E-state index is 12.2. The van der Waals surface area contributed by atoms with Gasteiger partial charge in [0.25, 0.3) is 5.91 Å². The van der Waals surface area contributed by atoms with E-state index in [4.69, 9.17) is 0 Å². The fraction of sp³-hybridized carbons (Fsp3) is 0.211. The number of hydrogen-bond donors (Lipinski definition) is 1. The predicted octanol–water partition coefficient (Wildman–Crippen LogP) is 2.01. The van der Waals surface area contributed by atoms with Crippen LogP contribution in [0.5, 0.6) is 0 Å². The first-order chi connectivity index (χ1) is 11.6. The molecule has 1 amide bonds. The molecule has 3 rings (SSSR count). The Morgan fingerprint density at radius 2 is 1.75 bits per heavy atom.